The van der Waals surface area contributed by atoms with Crippen molar-refractivity contribution in [2.24, 2.45) is 7.05 Å². The van der Waals surface area contributed by atoms with Crippen LogP contribution in [0.1, 0.15) is 36.2 Å². The lowest BCUT2D eigenvalue weighted by molar-refractivity contribution is -0.118. The van der Waals surface area contributed by atoms with Crippen molar-refractivity contribution in [3.8, 4) is 11.4 Å². The van der Waals surface area contributed by atoms with E-state index in [-0.39, 0.29) is 5.91 Å². The lowest BCUT2D eigenvalue weighted by atomic mass is 10.1. The van der Waals surface area contributed by atoms with Crippen LogP contribution in [0.15, 0.2) is 30.6 Å². The molecule has 1 aliphatic rings. The number of rotatable bonds is 7. The van der Waals surface area contributed by atoms with Gasteiger partial charge < -0.3 is 15.4 Å². The van der Waals surface area contributed by atoms with Crippen LogP contribution < -0.4 is 15.4 Å². The number of hydrogen-bond acceptors (Lipinski definition) is 7. The van der Waals surface area contributed by atoms with E-state index < -0.39 is 6.04 Å². The van der Waals surface area contributed by atoms with Crippen molar-refractivity contribution in [1.29, 1.82) is 0 Å². The minimum Gasteiger partial charge on any atom is -0.494 e. The smallest absolute Gasteiger partial charge is 0.246 e. The van der Waals surface area contributed by atoms with E-state index in [0.29, 0.717) is 23.0 Å². The summed E-state index contributed by atoms with van der Waals surface area (Å²) >= 11 is 0. The highest BCUT2D eigenvalue weighted by atomic mass is 16.5. The lowest BCUT2D eigenvalue weighted by Gasteiger charge is -2.16. The van der Waals surface area contributed by atoms with E-state index in [1.165, 1.54) is 0 Å². The third-order valence-corrected chi connectivity index (χ3v) is 4.72. The zero-order chi connectivity index (χ0) is 19.7. The molecule has 0 saturated heterocycles. The summed E-state index contributed by atoms with van der Waals surface area (Å²) in [5, 5.41) is 22.2. The number of aromatic nitrogens is 6. The number of carbonyl (C=O) groups excluding carboxylic acids is 1. The Morgan fingerprint density at radius 1 is 1.36 bits per heavy atom. The number of anilines is 1. The average molecular weight is 382 g/mol. The Hall–Kier alpha value is -3.27. The van der Waals surface area contributed by atoms with Crippen LogP contribution in [0, 0.1) is 0 Å². The van der Waals surface area contributed by atoms with Crippen LogP contribution in [0.3, 0.4) is 0 Å². The number of ether oxygens (including phenoxy) is 1. The number of nitrogens with one attached hydrogen (secondary N) is 2. The monoisotopic (exact) mass is 382 g/mol. The molecule has 10 nitrogen and oxygen atoms in total. The third kappa shape index (κ3) is 3.46. The van der Waals surface area contributed by atoms with E-state index in [2.05, 4.69) is 31.3 Å². The van der Waals surface area contributed by atoms with Gasteiger partial charge in [0.25, 0.3) is 0 Å². The Kier molecular flexibility index (Phi) is 4.78. The van der Waals surface area contributed by atoms with Crippen molar-refractivity contribution < 1.29 is 9.53 Å². The van der Waals surface area contributed by atoms with Crippen molar-refractivity contribution in [2.45, 2.75) is 24.8 Å². The minimum atomic E-state index is -0.519. The molecule has 1 unspecified atom stereocenters. The largest absolute Gasteiger partial charge is 0.494 e. The van der Waals surface area contributed by atoms with E-state index in [4.69, 9.17) is 4.74 Å². The molecule has 0 aliphatic heterocycles. The second kappa shape index (κ2) is 7.39. The van der Waals surface area contributed by atoms with E-state index in [9.17, 15) is 4.79 Å². The summed E-state index contributed by atoms with van der Waals surface area (Å²) in [7, 11) is 5.14. The molecule has 2 heterocycles. The number of methoxy groups -OCH3 is 1. The maximum atomic E-state index is 12.8. The van der Waals surface area contributed by atoms with Crippen LogP contribution in [0.25, 0.3) is 5.69 Å². The maximum absolute atomic E-state index is 12.8. The molecule has 28 heavy (non-hydrogen) atoms. The topological polar surface area (TPSA) is 112 Å². The van der Waals surface area contributed by atoms with Crippen LogP contribution in [0.4, 0.5) is 5.69 Å². The minimum absolute atomic E-state index is 0.189. The first-order chi connectivity index (χ1) is 13.6. The molecule has 2 N–H and O–H groups in total. The summed E-state index contributed by atoms with van der Waals surface area (Å²) in [6.07, 6.45) is 5.63. The Morgan fingerprint density at radius 3 is 2.82 bits per heavy atom. The van der Waals surface area contributed by atoms with Crippen LogP contribution in [-0.4, -0.2) is 50.1 Å². The van der Waals surface area contributed by atoms with E-state index >= 15 is 0 Å². The Bertz CT molecular complexity index is 991. The zero-order valence-corrected chi connectivity index (χ0v) is 16.0. The fraction of sp³-hybridized carbons (Fsp3) is 0.389. The van der Waals surface area contributed by atoms with Gasteiger partial charge >= 0.3 is 0 Å². The molecule has 3 aromatic rings. The first-order valence-electron chi connectivity index (χ1n) is 9.04. The second-order valence-electron chi connectivity index (χ2n) is 6.77. The predicted molar refractivity (Wildman–Crippen MR) is 101 cm³/mol. The number of likely N-dealkylation sites (N-methyl/N-ethyl adjacent to an activating group) is 1. The molecule has 1 fully saturated rings. The summed E-state index contributed by atoms with van der Waals surface area (Å²) < 4.78 is 8.82. The molecule has 0 spiro atoms. The summed E-state index contributed by atoms with van der Waals surface area (Å²) in [6.45, 7) is 0. The van der Waals surface area contributed by atoms with Gasteiger partial charge in [-0.3, -0.25) is 9.48 Å². The fourth-order valence-electron chi connectivity index (χ4n) is 3.15. The lowest BCUT2D eigenvalue weighted by Crippen LogP contribution is -2.30. The van der Waals surface area contributed by atoms with Gasteiger partial charge in [-0.05, 0) is 48.5 Å². The molecule has 1 amide bonds. The number of aryl methyl sites for hydroxylation is 1. The molecule has 10 heteroatoms. The number of benzene rings is 1. The second-order valence-corrected chi connectivity index (χ2v) is 6.77. The number of nitrogens with zero attached hydrogens (tertiary/aromatic N) is 6. The number of tetrazole rings is 1. The van der Waals surface area contributed by atoms with Gasteiger partial charge in [-0.1, -0.05) is 0 Å². The van der Waals surface area contributed by atoms with E-state index in [1.54, 1.807) is 41.9 Å². The number of hydrogen-bond donors (Lipinski definition) is 2. The van der Waals surface area contributed by atoms with E-state index in [1.807, 2.05) is 19.3 Å². The average Bonchev–Trinajstić information content (AvgIpc) is 3.26. The molecular weight excluding hydrogens is 360 g/mol. The Labute approximate surface area is 161 Å². The Morgan fingerprint density at radius 2 is 2.18 bits per heavy atom. The molecule has 1 atom stereocenters. The van der Waals surface area contributed by atoms with Crippen LogP contribution in [0.5, 0.6) is 5.75 Å². The fourth-order valence-corrected chi connectivity index (χ4v) is 3.15. The van der Waals surface area contributed by atoms with Gasteiger partial charge in [-0.25, -0.2) is 0 Å². The third-order valence-electron chi connectivity index (χ3n) is 4.72. The Balaban J connectivity index is 1.61. The molecule has 0 radical (unpaired) electrons. The molecule has 0 bridgehead atoms. The molecular formula is C18H22N8O2. The van der Waals surface area contributed by atoms with Gasteiger partial charge in [-0.2, -0.15) is 9.78 Å². The SMILES string of the molecule is CNC(C(=O)Nc1ccc(OC)c(-n2nnnc2C2CC2)c1)c1cnn(C)c1. The highest BCUT2D eigenvalue weighted by Gasteiger charge is 2.31. The molecule has 4 rings (SSSR count). The summed E-state index contributed by atoms with van der Waals surface area (Å²) in [5.74, 6) is 1.62. The van der Waals surface area contributed by atoms with Crippen molar-refractivity contribution in [3.05, 3.63) is 42.0 Å². The number of amides is 1. The zero-order valence-electron chi connectivity index (χ0n) is 16.0. The van der Waals surface area contributed by atoms with E-state index in [0.717, 1.165) is 24.2 Å². The molecule has 146 valence electrons. The highest BCUT2D eigenvalue weighted by Crippen LogP contribution is 2.40. The summed E-state index contributed by atoms with van der Waals surface area (Å²) in [5.41, 5.74) is 2.10. The van der Waals surface area contributed by atoms with Gasteiger partial charge in [0, 0.05) is 30.4 Å². The molecule has 1 aromatic carbocycles. The molecule has 2 aromatic heterocycles. The van der Waals surface area contributed by atoms with Crippen molar-refractivity contribution in [2.75, 3.05) is 19.5 Å². The van der Waals surface area contributed by atoms with Gasteiger partial charge in [0.05, 0.1) is 13.3 Å². The molecule has 1 saturated carbocycles. The van der Waals surface area contributed by atoms with Crippen LogP contribution >= 0.6 is 0 Å². The first-order valence-corrected chi connectivity index (χ1v) is 9.04. The van der Waals surface area contributed by atoms with Gasteiger partial charge in [-0.15, -0.1) is 5.10 Å². The summed E-state index contributed by atoms with van der Waals surface area (Å²) in [6, 6.07) is 4.88. The maximum Gasteiger partial charge on any atom is 0.246 e. The van der Waals surface area contributed by atoms with Crippen molar-refractivity contribution in [1.82, 2.24) is 35.3 Å². The van der Waals surface area contributed by atoms with Gasteiger partial charge in [0.2, 0.25) is 5.91 Å². The summed E-state index contributed by atoms with van der Waals surface area (Å²) in [4.78, 5) is 12.8. The predicted octanol–water partition coefficient (Wildman–Crippen LogP) is 1.18. The van der Waals surface area contributed by atoms with Gasteiger partial charge in [0.15, 0.2) is 5.82 Å². The van der Waals surface area contributed by atoms with Crippen LogP contribution in [0.2, 0.25) is 0 Å². The van der Waals surface area contributed by atoms with Crippen molar-refractivity contribution in [3.63, 3.8) is 0 Å². The first kappa shape index (κ1) is 18.1. The van der Waals surface area contributed by atoms with Gasteiger partial charge in [0.1, 0.15) is 17.5 Å². The normalized spacial score (nSPS) is 14.7. The van der Waals surface area contributed by atoms with Crippen molar-refractivity contribution >= 4 is 11.6 Å². The molecule has 1 aliphatic carbocycles. The quantitative estimate of drug-likeness (QED) is 0.631. The highest BCUT2D eigenvalue weighted by molar-refractivity contribution is 5.95. The number of carbonyl (C=O) groups is 1. The standard InChI is InChI=1S/C18H22N8O2/c1-19-16(12-9-20-25(2)10-12)18(27)21-13-6-7-15(28-3)14(8-13)26-17(11-4-5-11)22-23-24-26/h6-11,16,19H,4-5H2,1-3H3,(H,21,27). The van der Waals surface area contributed by atoms with Crippen LogP contribution in [-0.2, 0) is 11.8 Å².